The molecule has 4 nitrogen and oxygen atoms in total. The van der Waals surface area contributed by atoms with Gasteiger partial charge in [-0.1, -0.05) is 18.2 Å². The molecule has 1 aliphatic heterocycles. The lowest BCUT2D eigenvalue weighted by Gasteiger charge is -2.06. The minimum atomic E-state index is 0.774. The second kappa shape index (κ2) is 3.27. The highest BCUT2D eigenvalue weighted by Gasteiger charge is 2.19. The zero-order valence-corrected chi connectivity index (χ0v) is 9.32. The van der Waals surface area contributed by atoms with Crippen molar-refractivity contribution < 1.29 is 4.74 Å². The van der Waals surface area contributed by atoms with Gasteiger partial charge in [0, 0.05) is 19.2 Å². The number of nitrogens with zero attached hydrogens (tertiary/aromatic N) is 2. The average molecular weight is 215 g/mol. The second-order valence-corrected chi connectivity index (χ2v) is 3.95. The Balaban J connectivity index is 2.14. The molecule has 0 saturated heterocycles. The molecule has 2 aromatic rings. The molecule has 4 heteroatoms. The summed E-state index contributed by atoms with van der Waals surface area (Å²) in [6, 6.07) is 8.05. The molecule has 16 heavy (non-hydrogen) atoms. The van der Waals surface area contributed by atoms with Crippen molar-refractivity contribution in [2.45, 2.75) is 13.5 Å². The molecule has 0 fully saturated rings. The van der Waals surface area contributed by atoms with Gasteiger partial charge in [-0.15, -0.1) is 0 Å². The van der Waals surface area contributed by atoms with E-state index in [1.54, 1.807) is 4.68 Å². The lowest BCUT2D eigenvalue weighted by molar-refractivity contribution is 0.432. The number of rotatable bonds is 0. The van der Waals surface area contributed by atoms with Crippen molar-refractivity contribution in [2.24, 2.45) is 7.05 Å². The van der Waals surface area contributed by atoms with Crippen LogP contribution in [-0.2, 0) is 13.6 Å². The molecular formula is C12H13N3O. The van der Waals surface area contributed by atoms with E-state index in [1.165, 1.54) is 0 Å². The Morgan fingerprint density at radius 2 is 2.19 bits per heavy atom. The highest BCUT2D eigenvalue weighted by molar-refractivity contribution is 5.60. The molecule has 2 heterocycles. The highest BCUT2D eigenvalue weighted by Crippen LogP contribution is 2.36. The van der Waals surface area contributed by atoms with Crippen molar-refractivity contribution in [3.8, 4) is 11.6 Å². The van der Waals surface area contributed by atoms with Crippen molar-refractivity contribution in [2.75, 3.05) is 5.32 Å². The van der Waals surface area contributed by atoms with E-state index in [0.717, 1.165) is 35.1 Å². The van der Waals surface area contributed by atoms with Crippen LogP contribution >= 0.6 is 0 Å². The summed E-state index contributed by atoms with van der Waals surface area (Å²) in [7, 11) is 1.89. The number of para-hydroxylation sites is 1. The normalized spacial score (nSPS) is 13.1. The smallest absolute Gasteiger partial charge is 0.241 e. The largest absolute Gasteiger partial charge is 0.437 e. The lowest BCUT2D eigenvalue weighted by atomic mass is 10.2. The van der Waals surface area contributed by atoms with E-state index in [-0.39, 0.29) is 0 Å². The maximum atomic E-state index is 5.89. The van der Waals surface area contributed by atoms with Crippen LogP contribution in [0.2, 0.25) is 0 Å². The van der Waals surface area contributed by atoms with Crippen molar-refractivity contribution >= 4 is 5.69 Å². The maximum absolute atomic E-state index is 5.89. The number of hydrogen-bond donors (Lipinski definition) is 1. The number of aromatic nitrogens is 2. The van der Waals surface area contributed by atoms with Crippen molar-refractivity contribution in [3.05, 3.63) is 35.5 Å². The number of aryl methyl sites for hydroxylation is 2. The molecule has 3 rings (SSSR count). The monoisotopic (exact) mass is 215 g/mol. The van der Waals surface area contributed by atoms with Crippen LogP contribution < -0.4 is 10.1 Å². The summed E-state index contributed by atoms with van der Waals surface area (Å²) in [5.74, 6) is 1.68. The van der Waals surface area contributed by atoms with Gasteiger partial charge in [-0.3, -0.25) is 0 Å². The topological polar surface area (TPSA) is 39.1 Å². The van der Waals surface area contributed by atoms with Crippen molar-refractivity contribution in [1.29, 1.82) is 0 Å². The second-order valence-electron chi connectivity index (χ2n) is 3.95. The van der Waals surface area contributed by atoms with Gasteiger partial charge in [-0.2, -0.15) is 5.10 Å². The average Bonchev–Trinajstić information content (AvgIpc) is 2.49. The molecule has 1 N–H and O–H groups in total. The first-order valence-electron chi connectivity index (χ1n) is 5.29. The van der Waals surface area contributed by atoms with Gasteiger partial charge in [0.05, 0.1) is 5.69 Å². The summed E-state index contributed by atoms with van der Waals surface area (Å²) in [6.07, 6.45) is 0. The standard InChI is InChI=1S/C12H13N3O/c1-8-11-12(15(2)14-8)16-10-6-4-3-5-9(10)7-13-11/h3-6,13H,7H2,1-2H3. The lowest BCUT2D eigenvalue weighted by Crippen LogP contribution is -1.97. The van der Waals surface area contributed by atoms with Crippen LogP contribution in [0.5, 0.6) is 11.6 Å². The van der Waals surface area contributed by atoms with Gasteiger partial charge in [0.15, 0.2) is 0 Å². The molecule has 82 valence electrons. The predicted molar refractivity (Wildman–Crippen MR) is 61.8 cm³/mol. The summed E-state index contributed by atoms with van der Waals surface area (Å²) < 4.78 is 7.66. The molecule has 1 aromatic heterocycles. The third kappa shape index (κ3) is 1.26. The number of benzene rings is 1. The van der Waals surface area contributed by atoms with Crippen LogP contribution in [0.4, 0.5) is 5.69 Å². The number of nitrogens with one attached hydrogen (secondary N) is 1. The Labute approximate surface area is 93.8 Å². The first kappa shape index (κ1) is 9.27. The van der Waals surface area contributed by atoms with E-state index in [9.17, 15) is 0 Å². The first-order valence-corrected chi connectivity index (χ1v) is 5.29. The van der Waals surface area contributed by atoms with Gasteiger partial charge in [0.1, 0.15) is 11.4 Å². The minimum Gasteiger partial charge on any atom is -0.437 e. The fraction of sp³-hybridized carbons (Fsp3) is 0.250. The Kier molecular flexibility index (Phi) is 1.89. The van der Waals surface area contributed by atoms with E-state index >= 15 is 0 Å². The van der Waals surface area contributed by atoms with E-state index in [4.69, 9.17) is 4.74 Å². The Hall–Kier alpha value is -1.97. The molecule has 0 atom stereocenters. The fourth-order valence-electron chi connectivity index (χ4n) is 1.99. The summed E-state index contributed by atoms with van der Waals surface area (Å²) in [5.41, 5.74) is 3.11. The molecule has 0 spiro atoms. The molecule has 1 aromatic carbocycles. The molecule has 0 bridgehead atoms. The van der Waals surface area contributed by atoms with E-state index in [2.05, 4.69) is 16.5 Å². The molecule has 0 unspecified atom stereocenters. The van der Waals surface area contributed by atoms with Crippen LogP contribution in [-0.4, -0.2) is 9.78 Å². The first-order chi connectivity index (χ1) is 7.75. The Bertz CT molecular complexity index is 545. The summed E-state index contributed by atoms with van der Waals surface area (Å²) >= 11 is 0. The molecular weight excluding hydrogens is 202 g/mol. The third-order valence-corrected chi connectivity index (χ3v) is 2.80. The number of anilines is 1. The van der Waals surface area contributed by atoms with E-state index < -0.39 is 0 Å². The van der Waals surface area contributed by atoms with Gasteiger partial charge < -0.3 is 10.1 Å². The zero-order chi connectivity index (χ0) is 11.1. The van der Waals surface area contributed by atoms with E-state index in [1.807, 2.05) is 32.2 Å². The molecule has 0 radical (unpaired) electrons. The van der Waals surface area contributed by atoms with Gasteiger partial charge in [-0.25, -0.2) is 4.68 Å². The summed E-state index contributed by atoms with van der Waals surface area (Å²) in [5, 5.41) is 7.70. The van der Waals surface area contributed by atoms with Gasteiger partial charge in [-0.05, 0) is 13.0 Å². The van der Waals surface area contributed by atoms with Crippen LogP contribution in [0.1, 0.15) is 11.3 Å². The van der Waals surface area contributed by atoms with Crippen molar-refractivity contribution in [3.63, 3.8) is 0 Å². The minimum absolute atomic E-state index is 0.774. The third-order valence-electron chi connectivity index (χ3n) is 2.80. The van der Waals surface area contributed by atoms with Crippen LogP contribution in [0.15, 0.2) is 24.3 Å². The van der Waals surface area contributed by atoms with E-state index in [0.29, 0.717) is 0 Å². The number of hydrogen-bond acceptors (Lipinski definition) is 3. The summed E-state index contributed by atoms with van der Waals surface area (Å²) in [4.78, 5) is 0. The highest BCUT2D eigenvalue weighted by atomic mass is 16.5. The molecule has 0 amide bonds. The zero-order valence-electron chi connectivity index (χ0n) is 9.32. The fourth-order valence-corrected chi connectivity index (χ4v) is 1.99. The predicted octanol–water partition coefficient (Wildman–Crippen LogP) is 2.45. The van der Waals surface area contributed by atoms with Gasteiger partial charge in [0.25, 0.3) is 0 Å². The van der Waals surface area contributed by atoms with Crippen LogP contribution in [0.3, 0.4) is 0 Å². The van der Waals surface area contributed by atoms with Gasteiger partial charge >= 0.3 is 0 Å². The SMILES string of the molecule is Cc1nn(C)c2c1NCc1ccccc1O2. The van der Waals surface area contributed by atoms with Gasteiger partial charge in [0.2, 0.25) is 5.88 Å². The van der Waals surface area contributed by atoms with Crippen molar-refractivity contribution in [1.82, 2.24) is 9.78 Å². The van der Waals surface area contributed by atoms with Crippen LogP contribution in [0.25, 0.3) is 0 Å². The quantitative estimate of drug-likeness (QED) is 0.733. The maximum Gasteiger partial charge on any atom is 0.241 e. The molecule has 1 aliphatic rings. The summed E-state index contributed by atoms with van der Waals surface area (Å²) in [6.45, 7) is 2.75. The molecule has 0 aliphatic carbocycles. The molecule has 0 saturated carbocycles. The number of ether oxygens (including phenoxy) is 1. The number of fused-ring (bicyclic) bond motifs is 2. The Morgan fingerprint density at radius 3 is 3.06 bits per heavy atom. The van der Waals surface area contributed by atoms with Crippen LogP contribution in [0, 0.1) is 6.92 Å². The Morgan fingerprint density at radius 1 is 1.38 bits per heavy atom.